The number of ether oxygens (including phenoxy) is 1. The maximum Gasteiger partial charge on any atom is 0.312 e. The summed E-state index contributed by atoms with van der Waals surface area (Å²) in [5.41, 5.74) is 7.70. The van der Waals surface area contributed by atoms with Gasteiger partial charge in [0.15, 0.2) is 5.65 Å². The maximum absolute atomic E-state index is 11.5. The van der Waals surface area contributed by atoms with Crippen molar-refractivity contribution >= 4 is 17.3 Å². The van der Waals surface area contributed by atoms with Crippen molar-refractivity contribution in [1.29, 1.82) is 0 Å². The fraction of sp³-hybridized carbons (Fsp3) is 0.333. The molecule has 0 spiro atoms. The Morgan fingerprint density at radius 3 is 3.00 bits per heavy atom. The Hall–Kier alpha value is -2.04. The van der Waals surface area contributed by atoms with Crippen LogP contribution in [0.2, 0.25) is 0 Å². The highest BCUT2D eigenvalue weighted by Gasteiger charge is 2.11. The molecule has 0 aliphatic rings. The molecular weight excluding hydrogens is 218 g/mol. The van der Waals surface area contributed by atoms with Gasteiger partial charge in [-0.2, -0.15) is 0 Å². The summed E-state index contributed by atoms with van der Waals surface area (Å²) in [7, 11) is 0. The van der Waals surface area contributed by atoms with Crippen LogP contribution in [0.4, 0.5) is 5.69 Å². The number of rotatable bonds is 3. The average molecular weight is 233 g/mol. The molecule has 0 aliphatic carbocycles. The fourth-order valence-corrected chi connectivity index (χ4v) is 1.62. The van der Waals surface area contributed by atoms with Gasteiger partial charge >= 0.3 is 5.97 Å². The number of nitrogen functional groups attached to an aromatic ring is 1. The molecule has 0 atom stereocenters. The fourth-order valence-electron chi connectivity index (χ4n) is 1.62. The maximum atomic E-state index is 11.5. The Morgan fingerprint density at radius 2 is 2.35 bits per heavy atom. The molecule has 2 N–H and O–H groups in total. The molecule has 2 aromatic heterocycles. The van der Waals surface area contributed by atoms with E-state index in [-0.39, 0.29) is 18.5 Å². The SMILES string of the molecule is CC(C)OC(=O)Cc1cn2cccc(N)c2n1. The number of hydrogen-bond acceptors (Lipinski definition) is 4. The van der Waals surface area contributed by atoms with Gasteiger partial charge in [0.2, 0.25) is 0 Å². The van der Waals surface area contributed by atoms with E-state index in [0.29, 0.717) is 17.0 Å². The summed E-state index contributed by atoms with van der Waals surface area (Å²) in [4.78, 5) is 15.8. The molecule has 0 radical (unpaired) electrons. The van der Waals surface area contributed by atoms with Gasteiger partial charge in [-0.3, -0.25) is 4.79 Å². The lowest BCUT2D eigenvalue weighted by Gasteiger charge is -2.05. The van der Waals surface area contributed by atoms with Crippen molar-refractivity contribution in [2.75, 3.05) is 5.73 Å². The summed E-state index contributed by atoms with van der Waals surface area (Å²) in [6.07, 6.45) is 3.69. The minimum absolute atomic E-state index is 0.107. The molecule has 90 valence electrons. The largest absolute Gasteiger partial charge is 0.463 e. The second-order valence-corrected chi connectivity index (χ2v) is 4.14. The van der Waals surface area contributed by atoms with Gasteiger partial charge in [-0.05, 0) is 26.0 Å². The third-order valence-electron chi connectivity index (χ3n) is 2.26. The van der Waals surface area contributed by atoms with Crippen LogP contribution >= 0.6 is 0 Å². The number of imidazole rings is 1. The van der Waals surface area contributed by atoms with Crippen LogP contribution in [0.3, 0.4) is 0 Å². The van der Waals surface area contributed by atoms with Crippen LogP contribution in [-0.2, 0) is 16.0 Å². The van der Waals surface area contributed by atoms with E-state index in [1.165, 1.54) is 0 Å². The van der Waals surface area contributed by atoms with E-state index in [2.05, 4.69) is 4.98 Å². The van der Waals surface area contributed by atoms with Crippen molar-refractivity contribution in [2.24, 2.45) is 0 Å². The predicted molar refractivity (Wildman–Crippen MR) is 64.5 cm³/mol. The van der Waals surface area contributed by atoms with Gasteiger partial charge in [-0.25, -0.2) is 4.98 Å². The molecule has 0 unspecified atom stereocenters. The molecule has 2 aromatic rings. The smallest absolute Gasteiger partial charge is 0.312 e. The highest BCUT2D eigenvalue weighted by molar-refractivity contribution is 5.73. The lowest BCUT2D eigenvalue weighted by Crippen LogP contribution is -2.13. The number of aromatic nitrogens is 2. The summed E-state index contributed by atoms with van der Waals surface area (Å²) >= 11 is 0. The number of nitrogens with two attached hydrogens (primary N) is 1. The molecule has 5 heteroatoms. The minimum atomic E-state index is -0.276. The highest BCUT2D eigenvalue weighted by Crippen LogP contribution is 2.13. The second kappa shape index (κ2) is 4.45. The molecule has 0 aliphatic heterocycles. The van der Waals surface area contributed by atoms with E-state index >= 15 is 0 Å². The second-order valence-electron chi connectivity index (χ2n) is 4.14. The number of pyridine rings is 1. The first-order valence-electron chi connectivity index (χ1n) is 5.48. The summed E-state index contributed by atoms with van der Waals surface area (Å²) in [5.74, 6) is -0.276. The zero-order valence-corrected chi connectivity index (χ0v) is 9.88. The number of esters is 1. The molecule has 17 heavy (non-hydrogen) atoms. The van der Waals surface area contributed by atoms with E-state index in [1.54, 1.807) is 16.7 Å². The van der Waals surface area contributed by atoms with Gasteiger partial charge in [0.25, 0.3) is 0 Å². The third kappa shape index (κ3) is 2.55. The molecule has 0 saturated carbocycles. The lowest BCUT2D eigenvalue weighted by molar-refractivity contribution is -0.146. The van der Waals surface area contributed by atoms with Crippen molar-refractivity contribution < 1.29 is 9.53 Å². The number of hydrogen-bond donors (Lipinski definition) is 1. The van der Waals surface area contributed by atoms with Gasteiger partial charge < -0.3 is 14.9 Å². The molecule has 2 rings (SSSR count). The summed E-state index contributed by atoms with van der Waals surface area (Å²) in [6, 6.07) is 3.61. The Labute approximate surface area is 99.2 Å². The average Bonchev–Trinajstić information content (AvgIpc) is 2.60. The van der Waals surface area contributed by atoms with Crippen LogP contribution in [-0.4, -0.2) is 21.5 Å². The van der Waals surface area contributed by atoms with Crippen molar-refractivity contribution in [3.8, 4) is 0 Å². The number of anilines is 1. The van der Waals surface area contributed by atoms with Gasteiger partial charge in [-0.15, -0.1) is 0 Å². The van der Waals surface area contributed by atoms with E-state index in [9.17, 15) is 4.79 Å². The predicted octanol–water partition coefficient (Wildman–Crippen LogP) is 1.41. The topological polar surface area (TPSA) is 69.6 Å². The van der Waals surface area contributed by atoms with Crippen LogP contribution in [0.15, 0.2) is 24.5 Å². The summed E-state index contributed by atoms with van der Waals surface area (Å²) in [6.45, 7) is 3.64. The molecule has 0 aromatic carbocycles. The Morgan fingerprint density at radius 1 is 1.59 bits per heavy atom. The molecule has 2 heterocycles. The molecule has 0 bridgehead atoms. The third-order valence-corrected chi connectivity index (χ3v) is 2.26. The van der Waals surface area contributed by atoms with E-state index < -0.39 is 0 Å². The number of carbonyl (C=O) groups is 1. The van der Waals surface area contributed by atoms with Gasteiger partial charge in [0.1, 0.15) is 0 Å². The van der Waals surface area contributed by atoms with E-state index in [0.717, 1.165) is 0 Å². The number of carbonyl (C=O) groups excluding carboxylic acids is 1. The van der Waals surface area contributed by atoms with Crippen LogP contribution in [0.1, 0.15) is 19.5 Å². The molecular formula is C12H15N3O2. The quantitative estimate of drug-likeness (QED) is 0.814. The first kappa shape index (κ1) is 11.4. The first-order valence-corrected chi connectivity index (χ1v) is 5.48. The normalized spacial score (nSPS) is 11.0. The molecule has 0 amide bonds. The molecule has 0 fully saturated rings. The van der Waals surface area contributed by atoms with Crippen LogP contribution in [0.5, 0.6) is 0 Å². The minimum Gasteiger partial charge on any atom is -0.463 e. The summed E-state index contributed by atoms with van der Waals surface area (Å²) < 4.78 is 6.86. The standard InChI is InChI=1S/C12H15N3O2/c1-8(2)17-11(16)6-9-7-15-5-3-4-10(13)12(15)14-9/h3-5,7-8H,6,13H2,1-2H3. The Kier molecular flexibility index (Phi) is 2.99. The zero-order chi connectivity index (χ0) is 12.4. The van der Waals surface area contributed by atoms with Crippen LogP contribution in [0.25, 0.3) is 5.65 Å². The monoisotopic (exact) mass is 233 g/mol. The van der Waals surface area contributed by atoms with Crippen molar-refractivity contribution in [1.82, 2.24) is 9.38 Å². The number of fused-ring (bicyclic) bond motifs is 1. The van der Waals surface area contributed by atoms with Crippen molar-refractivity contribution in [3.63, 3.8) is 0 Å². The Bertz CT molecular complexity index is 546. The zero-order valence-electron chi connectivity index (χ0n) is 9.88. The van der Waals surface area contributed by atoms with Gasteiger partial charge in [0, 0.05) is 12.4 Å². The number of nitrogens with zero attached hydrogens (tertiary/aromatic N) is 2. The highest BCUT2D eigenvalue weighted by atomic mass is 16.5. The molecule has 0 saturated heterocycles. The van der Waals surface area contributed by atoms with E-state index in [4.69, 9.17) is 10.5 Å². The molecule has 5 nitrogen and oxygen atoms in total. The Balaban J connectivity index is 2.20. The van der Waals surface area contributed by atoms with Gasteiger partial charge in [-0.1, -0.05) is 0 Å². The van der Waals surface area contributed by atoms with E-state index in [1.807, 2.05) is 26.1 Å². The first-order chi connectivity index (χ1) is 8.06. The van der Waals surface area contributed by atoms with Crippen LogP contribution in [0, 0.1) is 0 Å². The van der Waals surface area contributed by atoms with Crippen molar-refractivity contribution in [2.45, 2.75) is 26.4 Å². The summed E-state index contributed by atoms with van der Waals surface area (Å²) in [5, 5.41) is 0. The van der Waals surface area contributed by atoms with Crippen molar-refractivity contribution in [3.05, 3.63) is 30.2 Å². The van der Waals surface area contributed by atoms with Crippen LogP contribution < -0.4 is 5.73 Å². The van der Waals surface area contributed by atoms with Gasteiger partial charge in [0.05, 0.1) is 23.9 Å². The lowest BCUT2D eigenvalue weighted by atomic mass is 10.3.